The Morgan fingerprint density at radius 3 is 2.88 bits per heavy atom. The molecule has 0 spiro atoms. The summed E-state index contributed by atoms with van der Waals surface area (Å²) >= 11 is 0. The molecule has 5 heteroatoms. The number of carbonyl (C=O) groups is 1. The number of aromatic nitrogens is 2. The molecule has 0 unspecified atom stereocenters. The van der Waals surface area contributed by atoms with Gasteiger partial charge in [-0.3, -0.25) is 0 Å². The number of aromatic carboxylic acids is 1. The van der Waals surface area contributed by atoms with E-state index in [1.54, 1.807) is 0 Å². The summed E-state index contributed by atoms with van der Waals surface area (Å²) in [6.45, 7) is 5.07. The highest BCUT2D eigenvalue weighted by Crippen LogP contribution is 2.16. The third-order valence-electron chi connectivity index (χ3n) is 3.12. The van der Waals surface area contributed by atoms with E-state index in [1.807, 2.05) is 0 Å². The Morgan fingerprint density at radius 2 is 2.18 bits per heavy atom. The number of rotatable bonds is 3. The smallest absolute Gasteiger partial charge is 0.354 e. The second-order valence-corrected chi connectivity index (χ2v) is 4.29. The second kappa shape index (κ2) is 5.23. The van der Waals surface area contributed by atoms with Crippen LogP contribution in [0.5, 0.6) is 0 Å². The van der Waals surface area contributed by atoms with Gasteiger partial charge in [-0.25, -0.2) is 14.8 Å². The lowest BCUT2D eigenvalue weighted by molar-refractivity contribution is 0.0688. The first-order valence-corrected chi connectivity index (χ1v) is 6.00. The molecule has 1 aromatic heterocycles. The number of fused-ring (bicyclic) bond motifs is 1. The van der Waals surface area contributed by atoms with Crippen molar-refractivity contribution in [1.29, 1.82) is 0 Å². The average molecular weight is 235 g/mol. The largest absolute Gasteiger partial charge is 0.477 e. The summed E-state index contributed by atoms with van der Waals surface area (Å²) in [5.74, 6) is -0.951. The minimum absolute atomic E-state index is 0.174. The molecular formula is C12H17N3O2. The molecule has 0 fully saturated rings. The normalized spacial score (nSPS) is 16.3. The Kier molecular flexibility index (Phi) is 3.68. The van der Waals surface area contributed by atoms with Gasteiger partial charge in [0.05, 0.1) is 0 Å². The standard InChI is InChI=1S/C12H17N3O2/c1-2-5-15-6-3-9-10(4-7-15)13-8-14-11(9)12(16)17/h8H,2-7H2,1H3,(H,16,17). The number of carboxylic acid groups (broad SMARTS) is 1. The number of hydrogen-bond acceptors (Lipinski definition) is 4. The van der Waals surface area contributed by atoms with Gasteiger partial charge in [-0.05, 0) is 19.4 Å². The first kappa shape index (κ1) is 12.0. The molecule has 0 saturated heterocycles. The van der Waals surface area contributed by atoms with E-state index < -0.39 is 5.97 Å². The Balaban J connectivity index is 2.24. The van der Waals surface area contributed by atoms with Crippen molar-refractivity contribution in [2.75, 3.05) is 19.6 Å². The Morgan fingerprint density at radius 1 is 1.41 bits per heavy atom. The number of nitrogens with zero attached hydrogens (tertiary/aromatic N) is 3. The fraction of sp³-hybridized carbons (Fsp3) is 0.583. The molecule has 92 valence electrons. The Labute approximate surface area is 100 Å². The van der Waals surface area contributed by atoms with E-state index in [-0.39, 0.29) is 5.69 Å². The highest BCUT2D eigenvalue weighted by molar-refractivity contribution is 5.87. The van der Waals surface area contributed by atoms with Crippen LogP contribution in [0.15, 0.2) is 6.33 Å². The van der Waals surface area contributed by atoms with Crippen molar-refractivity contribution in [3.8, 4) is 0 Å². The minimum Gasteiger partial charge on any atom is -0.477 e. The second-order valence-electron chi connectivity index (χ2n) is 4.29. The quantitative estimate of drug-likeness (QED) is 0.846. The summed E-state index contributed by atoms with van der Waals surface area (Å²) in [7, 11) is 0. The van der Waals surface area contributed by atoms with Crippen LogP contribution in [0.25, 0.3) is 0 Å². The van der Waals surface area contributed by atoms with E-state index >= 15 is 0 Å². The van der Waals surface area contributed by atoms with Crippen molar-refractivity contribution in [3.05, 3.63) is 23.3 Å². The molecule has 0 aromatic carbocycles. The van der Waals surface area contributed by atoms with Gasteiger partial charge in [-0.15, -0.1) is 0 Å². The number of hydrogen-bond donors (Lipinski definition) is 1. The van der Waals surface area contributed by atoms with Crippen molar-refractivity contribution in [3.63, 3.8) is 0 Å². The van der Waals surface area contributed by atoms with Gasteiger partial charge in [-0.2, -0.15) is 0 Å². The highest BCUT2D eigenvalue weighted by Gasteiger charge is 2.20. The summed E-state index contributed by atoms with van der Waals surface area (Å²) in [5, 5.41) is 9.10. The maximum Gasteiger partial charge on any atom is 0.354 e. The molecule has 5 nitrogen and oxygen atoms in total. The van der Waals surface area contributed by atoms with Crippen molar-refractivity contribution in [1.82, 2.24) is 14.9 Å². The van der Waals surface area contributed by atoms with Crippen LogP contribution >= 0.6 is 0 Å². The molecule has 1 N–H and O–H groups in total. The van der Waals surface area contributed by atoms with Crippen LogP contribution in [0.3, 0.4) is 0 Å². The highest BCUT2D eigenvalue weighted by atomic mass is 16.4. The SMILES string of the molecule is CCCN1CCc2ncnc(C(=O)O)c2CC1. The molecule has 1 aliphatic rings. The molecule has 2 heterocycles. The third-order valence-corrected chi connectivity index (χ3v) is 3.12. The lowest BCUT2D eigenvalue weighted by atomic mass is 10.1. The van der Waals surface area contributed by atoms with Gasteiger partial charge in [0, 0.05) is 30.8 Å². The van der Waals surface area contributed by atoms with Crippen molar-refractivity contribution >= 4 is 5.97 Å². The van der Waals surface area contributed by atoms with Gasteiger partial charge < -0.3 is 10.0 Å². The zero-order valence-corrected chi connectivity index (χ0v) is 10.0. The van der Waals surface area contributed by atoms with E-state index in [2.05, 4.69) is 21.8 Å². The van der Waals surface area contributed by atoms with Crippen molar-refractivity contribution < 1.29 is 9.90 Å². The molecule has 0 saturated carbocycles. The van der Waals surface area contributed by atoms with Crippen LogP contribution in [0.1, 0.15) is 35.1 Å². The minimum atomic E-state index is -0.951. The topological polar surface area (TPSA) is 66.3 Å². The van der Waals surface area contributed by atoms with Gasteiger partial charge in [0.15, 0.2) is 5.69 Å². The van der Waals surface area contributed by atoms with E-state index in [4.69, 9.17) is 5.11 Å². The van der Waals surface area contributed by atoms with Gasteiger partial charge in [0.2, 0.25) is 0 Å². The summed E-state index contributed by atoms with van der Waals surface area (Å²) < 4.78 is 0. The van der Waals surface area contributed by atoms with Crippen LogP contribution in [0.2, 0.25) is 0 Å². The first-order chi connectivity index (χ1) is 8.22. The zero-order valence-electron chi connectivity index (χ0n) is 10.0. The molecule has 0 amide bonds. The van der Waals surface area contributed by atoms with Crippen molar-refractivity contribution in [2.24, 2.45) is 0 Å². The zero-order chi connectivity index (χ0) is 12.3. The molecule has 0 atom stereocenters. The molecule has 17 heavy (non-hydrogen) atoms. The molecule has 1 aromatic rings. The fourth-order valence-corrected chi connectivity index (χ4v) is 2.30. The maximum atomic E-state index is 11.1. The van der Waals surface area contributed by atoms with Gasteiger partial charge in [0.25, 0.3) is 0 Å². The fourth-order valence-electron chi connectivity index (χ4n) is 2.30. The average Bonchev–Trinajstić information content (AvgIpc) is 2.52. The summed E-state index contributed by atoms with van der Waals surface area (Å²) in [4.78, 5) is 21.5. The third kappa shape index (κ3) is 2.61. The van der Waals surface area contributed by atoms with E-state index in [0.717, 1.165) is 50.2 Å². The van der Waals surface area contributed by atoms with E-state index in [1.165, 1.54) is 6.33 Å². The Bertz CT molecular complexity index is 420. The lowest BCUT2D eigenvalue weighted by Crippen LogP contribution is -2.27. The van der Waals surface area contributed by atoms with Gasteiger partial charge >= 0.3 is 5.97 Å². The van der Waals surface area contributed by atoms with E-state index in [0.29, 0.717) is 0 Å². The molecule has 0 radical (unpaired) electrons. The Hall–Kier alpha value is -1.49. The monoisotopic (exact) mass is 235 g/mol. The number of carboxylic acids is 1. The first-order valence-electron chi connectivity index (χ1n) is 6.00. The van der Waals surface area contributed by atoms with Crippen molar-refractivity contribution in [2.45, 2.75) is 26.2 Å². The van der Waals surface area contributed by atoms with Crippen LogP contribution in [0.4, 0.5) is 0 Å². The van der Waals surface area contributed by atoms with Gasteiger partial charge in [-0.1, -0.05) is 6.92 Å². The molecule has 0 bridgehead atoms. The molecule has 1 aliphatic heterocycles. The lowest BCUT2D eigenvalue weighted by Gasteiger charge is -2.17. The molecule has 2 rings (SSSR count). The predicted molar refractivity (Wildman–Crippen MR) is 63.1 cm³/mol. The predicted octanol–water partition coefficient (Wildman–Crippen LogP) is 0.985. The van der Waals surface area contributed by atoms with Crippen LogP contribution in [-0.2, 0) is 12.8 Å². The van der Waals surface area contributed by atoms with E-state index in [9.17, 15) is 4.79 Å². The summed E-state index contributed by atoms with van der Waals surface area (Å²) in [6.07, 6.45) is 4.03. The molecular weight excluding hydrogens is 218 g/mol. The maximum absolute atomic E-state index is 11.1. The summed E-state index contributed by atoms with van der Waals surface area (Å²) in [6, 6.07) is 0. The van der Waals surface area contributed by atoms with Gasteiger partial charge in [0.1, 0.15) is 6.33 Å². The molecule has 0 aliphatic carbocycles. The van der Waals surface area contributed by atoms with Crippen LogP contribution < -0.4 is 0 Å². The van der Waals surface area contributed by atoms with Crippen LogP contribution in [0, 0.1) is 0 Å². The van der Waals surface area contributed by atoms with Crippen LogP contribution in [-0.4, -0.2) is 45.6 Å². The summed E-state index contributed by atoms with van der Waals surface area (Å²) in [5.41, 5.74) is 1.89.